The van der Waals surface area contributed by atoms with Crippen LogP contribution in [0.2, 0.25) is 0 Å². The fraction of sp³-hybridized carbons (Fsp3) is 0.700. The second kappa shape index (κ2) is 5.24. The number of rotatable bonds is 5. The molecule has 0 saturated heterocycles. The molecule has 17 heavy (non-hydrogen) atoms. The molecule has 7 nitrogen and oxygen atoms in total. The molecule has 1 aliphatic rings. The van der Waals surface area contributed by atoms with Gasteiger partial charge in [0.15, 0.2) is 5.69 Å². The summed E-state index contributed by atoms with van der Waals surface area (Å²) in [6.07, 6.45) is 2.92. The van der Waals surface area contributed by atoms with Gasteiger partial charge >= 0.3 is 0 Å². The van der Waals surface area contributed by atoms with Crippen LogP contribution < -0.4 is 11.1 Å². The minimum absolute atomic E-state index is 0.192. The van der Waals surface area contributed by atoms with Crippen LogP contribution in [0.4, 0.5) is 0 Å². The lowest BCUT2D eigenvalue weighted by Gasteiger charge is -2.31. The quantitative estimate of drug-likeness (QED) is 0.594. The summed E-state index contributed by atoms with van der Waals surface area (Å²) in [4.78, 5) is 11.7. The fourth-order valence-corrected chi connectivity index (χ4v) is 1.84. The molecule has 1 heterocycles. The number of carbonyl (C=O) groups is 1. The standard InChI is InChI=1S/C10H17N5O2/c11-1-2-15-6-9(13-14-15)10(17)12-5-7-3-8(16)4-7/h6-8,16H,1-5,11H2,(H,12,17). The number of amides is 1. The molecule has 1 aromatic heterocycles. The van der Waals surface area contributed by atoms with Gasteiger partial charge in [-0.05, 0) is 18.8 Å². The van der Waals surface area contributed by atoms with Gasteiger partial charge in [-0.2, -0.15) is 0 Å². The number of aliphatic hydroxyl groups is 1. The molecular weight excluding hydrogens is 222 g/mol. The van der Waals surface area contributed by atoms with Crippen molar-refractivity contribution in [2.45, 2.75) is 25.5 Å². The van der Waals surface area contributed by atoms with E-state index in [9.17, 15) is 4.79 Å². The van der Waals surface area contributed by atoms with E-state index in [0.717, 1.165) is 12.8 Å². The number of aliphatic hydroxyl groups excluding tert-OH is 1. The van der Waals surface area contributed by atoms with Crippen LogP contribution in [0.5, 0.6) is 0 Å². The second-order valence-corrected chi connectivity index (χ2v) is 4.36. The Balaban J connectivity index is 1.78. The lowest BCUT2D eigenvalue weighted by molar-refractivity contribution is 0.0419. The SMILES string of the molecule is NCCn1cc(C(=O)NCC2CC(O)C2)nn1. The molecule has 94 valence electrons. The van der Waals surface area contributed by atoms with E-state index in [2.05, 4.69) is 15.6 Å². The van der Waals surface area contributed by atoms with Gasteiger partial charge in [-0.3, -0.25) is 9.48 Å². The molecule has 0 spiro atoms. The molecule has 0 atom stereocenters. The molecule has 2 rings (SSSR count). The molecule has 0 radical (unpaired) electrons. The summed E-state index contributed by atoms with van der Waals surface area (Å²) < 4.78 is 1.54. The first-order chi connectivity index (χ1) is 8.19. The van der Waals surface area contributed by atoms with Crippen molar-refractivity contribution in [1.29, 1.82) is 0 Å². The summed E-state index contributed by atoms with van der Waals surface area (Å²) >= 11 is 0. The normalized spacial score (nSPS) is 23.2. The van der Waals surface area contributed by atoms with Crippen LogP contribution in [0.25, 0.3) is 0 Å². The summed E-state index contributed by atoms with van der Waals surface area (Å²) in [5.74, 6) is 0.155. The Morgan fingerprint density at radius 3 is 3.06 bits per heavy atom. The number of hydrogen-bond acceptors (Lipinski definition) is 5. The smallest absolute Gasteiger partial charge is 0.273 e. The molecule has 0 aliphatic heterocycles. The highest BCUT2D eigenvalue weighted by Crippen LogP contribution is 2.26. The summed E-state index contributed by atoms with van der Waals surface area (Å²) in [5.41, 5.74) is 5.67. The molecule has 0 bridgehead atoms. The largest absolute Gasteiger partial charge is 0.393 e. The fourth-order valence-electron chi connectivity index (χ4n) is 1.84. The van der Waals surface area contributed by atoms with E-state index in [-0.39, 0.29) is 12.0 Å². The van der Waals surface area contributed by atoms with E-state index in [1.54, 1.807) is 10.9 Å². The van der Waals surface area contributed by atoms with Crippen LogP contribution >= 0.6 is 0 Å². The van der Waals surface area contributed by atoms with Crippen molar-refractivity contribution in [3.8, 4) is 0 Å². The zero-order chi connectivity index (χ0) is 12.3. The first-order valence-corrected chi connectivity index (χ1v) is 5.75. The van der Waals surface area contributed by atoms with Gasteiger partial charge in [0.05, 0.1) is 18.8 Å². The van der Waals surface area contributed by atoms with Crippen molar-refractivity contribution >= 4 is 5.91 Å². The van der Waals surface area contributed by atoms with Gasteiger partial charge in [-0.15, -0.1) is 5.10 Å². The maximum Gasteiger partial charge on any atom is 0.273 e. The van der Waals surface area contributed by atoms with Crippen molar-refractivity contribution in [1.82, 2.24) is 20.3 Å². The number of nitrogens with two attached hydrogens (primary N) is 1. The number of carbonyl (C=O) groups excluding carboxylic acids is 1. The Morgan fingerprint density at radius 1 is 1.65 bits per heavy atom. The summed E-state index contributed by atoms with van der Waals surface area (Å²) in [7, 11) is 0. The average molecular weight is 239 g/mol. The molecule has 0 aromatic carbocycles. The third-order valence-electron chi connectivity index (χ3n) is 2.89. The van der Waals surface area contributed by atoms with Gasteiger partial charge in [0.25, 0.3) is 5.91 Å². The third kappa shape index (κ3) is 3.01. The highest BCUT2D eigenvalue weighted by Gasteiger charge is 2.27. The van der Waals surface area contributed by atoms with Crippen LogP contribution in [-0.4, -0.2) is 45.2 Å². The van der Waals surface area contributed by atoms with Crippen molar-refractivity contribution in [3.63, 3.8) is 0 Å². The zero-order valence-corrected chi connectivity index (χ0v) is 9.54. The molecule has 1 amide bonds. The minimum Gasteiger partial charge on any atom is -0.393 e. The lowest BCUT2D eigenvalue weighted by Crippen LogP contribution is -2.38. The summed E-state index contributed by atoms with van der Waals surface area (Å²) in [5, 5.41) is 19.4. The molecular formula is C10H17N5O2. The Labute approximate surface area is 99.0 Å². The molecule has 1 aromatic rings. The van der Waals surface area contributed by atoms with Gasteiger partial charge < -0.3 is 16.2 Å². The average Bonchev–Trinajstić information content (AvgIpc) is 2.71. The third-order valence-corrected chi connectivity index (χ3v) is 2.89. The Hall–Kier alpha value is -1.47. The van der Waals surface area contributed by atoms with E-state index >= 15 is 0 Å². The molecule has 1 fully saturated rings. The maximum absolute atomic E-state index is 11.7. The summed E-state index contributed by atoms with van der Waals surface area (Å²) in [6, 6.07) is 0. The molecule has 4 N–H and O–H groups in total. The van der Waals surface area contributed by atoms with Crippen molar-refractivity contribution in [2.75, 3.05) is 13.1 Å². The van der Waals surface area contributed by atoms with Crippen molar-refractivity contribution < 1.29 is 9.90 Å². The van der Waals surface area contributed by atoms with E-state index in [1.165, 1.54) is 0 Å². The van der Waals surface area contributed by atoms with Gasteiger partial charge in [0.2, 0.25) is 0 Å². The second-order valence-electron chi connectivity index (χ2n) is 4.36. The van der Waals surface area contributed by atoms with Crippen molar-refractivity contribution in [2.24, 2.45) is 11.7 Å². The highest BCUT2D eigenvalue weighted by atomic mass is 16.3. The van der Waals surface area contributed by atoms with Crippen LogP contribution in [0.15, 0.2) is 6.20 Å². The molecule has 1 aliphatic carbocycles. The monoisotopic (exact) mass is 239 g/mol. The number of aromatic nitrogens is 3. The Morgan fingerprint density at radius 2 is 2.41 bits per heavy atom. The van der Waals surface area contributed by atoms with Crippen LogP contribution in [0.1, 0.15) is 23.3 Å². The molecule has 7 heteroatoms. The lowest BCUT2D eigenvalue weighted by atomic mass is 9.82. The van der Waals surface area contributed by atoms with Gasteiger partial charge in [-0.1, -0.05) is 5.21 Å². The van der Waals surface area contributed by atoms with E-state index in [4.69, 9.17) is 10.8 Å². The van der Waals surface area contributed by atoms with Crippen LogP contribution in [0.3, 0.4) is 0 Å². The first-order valence-electron chi connectivity index (χ1n) is 5.75. The Kier molecular flexibility index (Phi) is 3.70. The predicted octanol–water partition coefficient (Wildman–Crippen LogP) is -1.26. The predicted molar refractivity (Wildman–Crippen MR) is 60.1 cm³/mol. The van der Waals surface area contributed by atoms with E-state index < -0.39 is 0 Å². The maximum atomic E-state index is 11.7. The van der Waals surface area contributed by atoms with Crippen LogP contribution in [-0.2, 0) is 6.54 Å². The molecule has 1 saturated carbocycles. The summed E-state index contributed by atoms with van der Waals surface area (Å²) in [6.45, 7) is 1.60. The van der Waals surface area contributed by atoms with Gasteiger partial charge in [0, 0.05) is 13.1 Å². The van der Waals surface area contributed by atoms with Crippen molar-refractivity contribution in [3.05, 3.63) is 11.9 Å². The zero-order valence-electron chi connectivity index (χ0n) is 9.54. The van der Waals surface area contributed by atoms with Gasteiger partial charge in [-0.25, -0.2) is 0 Å². The number of nitrogens with zero attached hydrogens (tertiary/aromatic N) is 3. The topological polar surface area (TPSA) is 106 Å². The Bertz CT molecular complexity index is 386. The number of nitrogens with one attached hydrogen (secondary N) is 1. The van der Waals surface area contributed by atoms with Gasteiger partial charge in [0.1, 0.15) is 0 Å². The number of hydrogen-bond donors (Lipinski definition) is 3. The first kappa shape index (κ1) is 12.0. The molecule has 0 unspecified atom stereocenters. The van der Waals surface area contributed by atoms with Crippen LogP contribution in [0, 0.1) is 5.92 Å². The highest BCUT2D eigenvalue weighted by molar-refractivity contribution is 5.91. The van der Waals surface area contributed by atoms with E-state index in [1.807, 2.05) is 0 Å². The minimum atomic E-state index is -0.227. The van der Waals surface area contributed by atoms with E-state index in [0.29, 0.717) is 31.2 Å².